The summed E-state index contributed by atoms with van der Waals surface area (Å²) in [5.41, 5.74) is 0. The molecule has 0 heterocycles. The van der Waals surface area contributed by atoms with E-state index in [1.54, 1.807) is 0 Å². The highest BCUT2D eigenvalue weighted by atomic mass is 14.8. The zero-order valence-electron chi connectivity index (χ0n) is 15.8. The molecule has 1 unspecified atom stereocenters. The molecule has 0 amide bonds. The van der Waals surface area contributed by atoms with E-state index in [-0.39, 0.29) is 0 Å². The Morgan fingerprint density at radius 3 is 1.77 bits per heavy atom. The van der Waals surface area contributed by atoms with Crippen LogP contribution in [-0.4, -0.2) is 13.6 Å². The first-order chi connectivity index (χ1) is 10.7. The summed E-state index contributed by atoms with van der Waals surface area (Å²) in [4.78, 5) is 0. The van der Waals surface area contributed by atoms with E-state index >= 15 is 0 Å². The van der Waals surface area contributed by atoms with Crippen molar-refractivity contribution < 1.29 is 0 Å². The van der Waals surface area contributed by atoms with Gasteiger partial charge in [0.1, 0.15) is 0 Å². The summed E-state index contributed by atoms with van der Waals surface area (Å²) >= 11 is 0. The first-order valence-corrected chi connectivity index (χ1v) is 10.4. The fourth-order valence-electron chi connectivity index (χ4n) is 4.22. The summed E-state index contributed by atoms with van der Waals surface area (Å²) in [5.74, 6) is 2.89. The Morgan fingerprint density at radius 2 is 1.27 bits per heavy atom. The maximum Gasteiger partial charge on any atom is -0.00209 e. The largest absolute Gasteiger partial charge is 0.319 e. The molecular weight excluding hydrogens is 266 g/mol. The van der Waals surface area contributed by atoms with Gasteiger partial charge in [0.25, 0.3) is 0 Å². The van der Waals surface area contributed by atoms with E-state index < -0.39 is 0 Å². The Bertz CT molecular complexity index is 230. The number of hydrogen-bond donors (Lipinski definition) is 1. The summed E-state index contributed by atoms with van der Waals surface area (Å²) in [5, 5.41) is 3.43. The molecule has 0 aromatic rings. The van der Waals surface area contributed by atoms with E-state index in [0.29, 0.717) is 0 Å². The molecule has 0 spiro atoms. The van der Waals surface area contributed by atoms with Crippen molar-refractivity contribution in [2.75, 3.05) is 13.6 Å². The first-order valence-electron chi connectivity index (χ1n) is 10.4. The van der Waals surface area contributed by atoms with Crippen LogP contribution in [-0.2, 0) is 0 Å². The summed E-state index contributed by atoms with van der Waals surface area (Å²) in [6.45, 7) is 5.93. The van der Waals surface area contributed by atoms with Crippen LogP contribution in [0.15, 0.2) is 0 Å². The van der Waals surface area contributed by atoms with E-state index in [2.05, 4.69) is 26.2 Å². The zero-order chi connectivity index (χ0) is 16.0. The zero-order valence-corrected chi connectivity index (χ0v) is 15.8. The van der Waals surface area contributed by atoms with Gasteiger partial charge in [-0.05, 0) is 37.8 Å². The molecule has 1 aliphatic rings. The molecule has 0 aromatic heterocycles. The van der Waals surface area contributed by atoms with Gasteiger partial charge in [0.05, 0.1) is 0 Å². The molecule has 0 saturated heterocycles. The van der Waals surface area contributed by atoms with E-state index in [9.17, 15) is 0 Å². The molecular formula is C21H43N. The minimum absolute atomic E-state index is 0.894. The molecule has 1 rings (SSSR count). The molecule has 1 aliphatic carbocycles. The summed E-state index contributed by atoms with van der Waals surface area (Å²) in [6.07, 6.45) is 20.6. The lowest BCUT2D eigenvalue weighted by atomic mass is 9.86. The minimum Gasteiger partial charge on any atom is -0.319 e. The lowest BCUT2D eigenvalue weighted by molar-refractivity contribution is 0.301. The highest BCUT2D eigenvalue weighted by Crippen LogP contribution is 2.33. The van der Waals surface area contributed by atoms with Gasteiger partial charge >= 0.3 is 0 Å². The Balaban J connectivity index is 1.90. The number of unbranched alkanes of at least 4 members (excludes halogenated alkanes) is 7. The molecule has 0 aromatic carbocycles. The van der Waals surface area contributed by atoms with Crippen molar-refractivity contribution in [3.05, 3.63) is 0 Å². The Morgan fingerprint density at radius 1 is 0.773 bits per heavy atom. The van der Waals surface area contributed by atoms with E-state index in [1.807, 2.05) is 0 Å². The lowest BCUT2D eigenvalue weighted by Crippen LogP contribution is -2.24. The van der Waals surface area contributed by atoms with Crippen molar-refractivity contribution >= 4 is 0 Å². The predicted molar refractivity (Wildman–Crippen MR) is 100 cm³/mol. The average molecular weight is 310 g/mol. The van der Waals surface area contributed by atoms with E-state index in [4.69, 9.17) is 0 Å². The van der Waals surface area contributed by atoms with Crippen molar-refractivity contribution in [1.82, 2.24) is 5.32 Å². The van der Waals surface area contributed by atoms with Gasteiger partial charge in [0, 0.05) is 0 Å². The molecule has 1 heteroatoms. The molecule has 132 valence electrons. The Hall–Kier alpha value is -0.0400. The van der Waals surface area contributed by atoms with Gasteiger partial charge in [0.2, 0.25) is 0 Å². The summed E-state index contributed by atoms with van der Waals surface area (Å²) < 4.78 is 0. The van der Waals surface area contributed by atoms with Gasteiger partial charge in [-0.1, -0.05) is 97.3 Å². The highest BCUT2D eigenvalue weighted by Gasteiger charge is 2.23. The molecule has 1 saturated carbocycles. The highest BCUT2D eigenvalue weighted by molar-refractivity contribution is 4.76. The van der Waals surface area contributed by atoms with Gasteiger partial charge in [-0.2, -0.15) is 0 Å². The molecule has 0 aliphatic heterocycles. The molecule has 1 atom stereocenters. The average Bonchev–Trinajstić information content (AvgIpc) is 3.02. The first kappa shape index (κ1) is 20.0. The van der Waals surface area contributed by atoms with Crippen LogP contribution in [0.2, 0.25) is 0 Å². The second-order valence-electron chi connectivity index (χ2n) is 8.16. The molecule has 22 heavy (non-hydrogen) atoms. The van der Waals surface area contributed by atoms with Crippen LogP contribution >= 0.6 is 0 Å². The normalized spacial score (nSPS) is 17.5. The smallest absolute Gasteiger partial charge is 0.00209 e. The molecule has 0 bridgehead atoms. The van der Waals surface area contributed by atoms with Gasteiger partial charge in [-0.25, -0.2) is 0 Å². The Kier molecular flexibility index (Phi) is 12.2. The molecule has 1 N–H and O–H groups in total. The fraction of sp³-hybridized carbons (Fsp3) is 1.00. The second-order valence-corrected chi connectivity index (χ2v) is 8.16. The van der Waals surface area contributed by atoms with Crippen LogP contribution in [0.4, 0.5) is 0 Å². The van der Waals surface area contributed by atoms with Crippen molar-refractivity contribution in [3.63, 3.8) is 0 Å². The predicted octanol–water partition coefficient (Wildman–Crippen LogP) is 6.57. The van der Waals surface area contributed by atoms with Crippen LogP contribution in [0.3, 0.4) is 0 Å². The Labute approximate surface area is 141 Å². The van der Waals surface area contributed by atoms with Crippen LogP contribution in [0, 0.1) is 17.8 Å². The molecule has 0 radical (unpaired) electrons. The standard InChI is InChI=1S/C21H43N/c1-19(2)14-10-8-6-4-5-7-9-11-17-21(18-22-3)20-15-12-13-16-20/h19-22H,4-18H2,1-3H3. The maximum atomic E-state index is 3.43. The third-order valence-electron chi connectivity index (χ3n) is 5.64. The van der Waals surface area contributed by atoms with Crippen molar-refractivity contribution in [2.24, 2.45) is 17.8 Å². The summed E-state index contributed by atoms with van der Waals surface area (Å²) in [6, 6.07) is 0. The summed E-state index contributed by atoms with van der Waals surface area (Å²) in [7, 11) is 2.13. The van der Waals surface area contributed by atoms with Crippen LogP contribution < -0.4 is 5.32 Å². The third-order valence-corrected chi connectivity index (χ3v) is 5.64. The SMILES string of the molecule is CNCC(CCCCCCCCCCC(C)C)C1CCCC1. The van der Waals surface area contributed by atoms with Crippen molar-refractivity contribution in [1.29, 1.82) is 0 Å². The monoisotopic (exact) mass is 309 g/mol. The molecule has 1 fully saturated rings. The van der Waals surface area contributed by atoms with Crippen molar-refractivity contribution in [2.45, 2.75) is 104 Å². The minimum atomic E-state index is 0.894. The fourth-order valence-corrected chi connectivity index (χ4v) is 4.22. The number of hydrogen-bond acceptors (Lipinski definition) is 1. The maximum absolute atomic E-state index is 3.43. The van der Waals surface area contributed by atoms with Gasteiger partial charge in [0.15, 0.2) is 0 Å². The quantitative estimate of drug-likeness (QED) is 0.358. The number of rotatable bonds is 14. The molecule has 1 nitrogen and oxygen atoms in total. The lowest BCUT2D eigenvalue weighted by Gasteiger charge is -2.23. The second kappa shape index (κ2) is 13.4. The van der Waals surface area contributed by atoms with E-state index in [0.717, 1.165) is 17.8 Å². The van der Waals surface area contributed by atoms with Crippen LogP contribution in [0.5, 0.6) is 0 Å². The van der Waals surface area contributed by atoms with E-state index in [1.165, 1.54) is 96.4 Å². The van der Waals surface area contributed by atoms with Gasteiger partial charge in [-0.3, -0.25) is 0 Å². The third kappa shape index (κ3) is 9.87. The van der Waals surface area contributed by atoms with Gasteiger partial charge < -0.3 is 5.32 Å². The number of nitrogens with one attached hydrogen (secondary N) is 1. The van der Waals surface area contributed by atoms with Crippen molar-refractivity contribution in [3.8, 4) is 0 Å². The van der Waals surface area contributed by atoms with Crippen LogP contribution in [0.25, 0.3) is 0 Å². The van der Waals surface area contributed by atoms with Crippen LogP contribution in [0.1, 0.15) is 104 Å². The topological polar surface area (TPSA) is 12.0 Å². The van der Waals surface area contributed by atoms with Gasteiger partial charge in [-0.15, -0.1) is 0 Å².